The molecule has 0 aliphatic heterocycles. The topological polar surface area (TPSA) is 86.5 Å². The van der Waals surface area contributed by atoms with Crippen molar-refractivity contribution in [3.63, 3.8) is 0 Å². The Labute approximate surface area is 115 Å². The van der Waals surface area contributed by atoms with Crippen LogP contribution in [0.25, 0.3) is 0 Å². The van der Waals surface area contributed by atoms with Crippen molar-refractivity contribution in [1.82, 2.24) is 0 Å². The third-order valence-corrected chi connectivity index (χ3v) is 3.65. The zero-order valence-corrected chi connectivity index (χ0v) is 11.9. The summed E-state index contributed by atoms with van der Waals surface area (Å²) in [7, 11) is 1.17. The number of halogens is 1. The third-order valence-electron chi connectivity index (χ3n) is 2.19. The third kappa shape index (κ3) is 3.93. The molecule has 0 aromatic heterocycles. The van der Waals surface area contributed by atoms with E-state index in [9.17, 15) is 18.5 Å². The molecule has 0 saturated heterocycles. The van der Waals surface area contributed by atoms with E-state index in [0.717, 1.165) is 6.07 Å². The van der Waals surface area contributed by atoms with E-state index in [4.69, 9.17) is 15.4 Å². The molecule has 0 spiro atoms. The van der Waals surface area contributed by atoms with Gasteiger partial charge in [-0.3, -0.25) is 10.1 Å². The first-order chi connectivity index (χ1) is 8.62. The van der Waals surface area contributed by atoms with Gasteiger partial charge in [-0.25, -0.2) is 8.42 Å². The van der Waals surface area contributed by atoms with Crippen LogP contribution in [0.4, 0.5) is 5.69 Å². The van der Waals surface area contributed by atoms with Crippen LogP contribution >= 0.6 is 10.7 Å². The summed E-state index contributed by atoms with van der Waals surface area (Å²) in [6.45, 7) is 6.90. The lowest BCUT2D eigenvalue weighted by Gasteiger charge is -2.09. The maximum Gasteiger partial charge on any atom is 0.312 e. The minimum atomic E-state index is -4.04. The molecule has 0 fully saturated rings. The molecule has 1 rings (SSSR count). The largest absolute Gasteiger partial charge is 0.482 e. The van der Waals surface area contributed by atoms with Crippen LogP contribution in [-0.2, 0) is 9.05 Å². The molecule has 1 aromatic carbocycles. The Morgan fingerprint density at radius 2 is 2.11 bits per heavy atom. The van der Waals surface area contributed by atoms with Crippen LogP contribution in [0.1, 0.15) is 12.5 Å². The van der Waals surface area contributed by atoms with Crippen molar-refractivity contribution in [1.29, 1.82) is 0 Å². The lowest BCUT2D eigenvalue weighted by atomic mass is 10.2. The number of nitro groups is 1. The number of rotatable bonds is 5. The molecule has 0 N–H and O–H groups in total. The van der Waals surface area contributed by atoms with E-state index < -0.39 is 19.7 Å². The first kappa shape index (κ1) is 15.5. The molecule has 6 nitrogen and oxygen atoms in total. The number of aryl methyl sites for hydroxylation is 1. The van der Waals surface area contributed by atoms with Crippen molar-refractivity contribution in [3.05, 3.63) is 40.0 Å². The highest BCUT2D eigenvalue weighted by Crippen LogP contribution is 2.33. The number of hydrogen-bond donors (Lipinski definition) is 0. The van der Waals surface area contributed by atoms with Crippen LogP contribution in [0, 0.1) is 17.0 Å². The monoisotopic (exact) mass is 305 g/mol. The lowest BCUT2D eigenvalue weighted by Crippen LogP contribution is -2.04. The van der Waals surface area contributed by atoms with E-state index in [2.05, 4.69) is 6.58 Å². The average Bonchev–Trinajstić information content (AvgIpc) is 2.23. The molecular formula is C11H12ClNO5S. The molecule has 104 valence electrons. The molecule has 0 unspecified atom stereocenters. The molecule has 0 heterocycles. The van der Waals surface area contributed by atoms with Crippen LogP contribution in [0.5, 0.6) is 5.75 Å². The Kier molecular flexibility index (Phi) is 4.54. The van der Waals surface area contributed by atoms with Gasteiger partial charge in [-0.2, -0.15) is 0 Å². The van der Waals surface area contributed by atoms with Gasteiger partial charge in [-0.15, -0.1) is 0 Å². The van der Waals surface area contributed by atoms with E-state index >= 15 is 0 Å². The van der Waals surface area contributed by atoms with Crippen molar-refractivity contribution in [2.24, 2.45) is 0 Å². The highest BCUT2D eigenvalue weighted by molar-refractivity contribution is 8.13. The number of benzene rings is 1. The second kappa shape index (κ2) is 5.58. The van der Waals surface area contributed by atoms with Crippen LogP contribution < -0.4 is 4.74 Å². The fourth-order valence-electron chi connectivity index (χ4n) is 1.37. The van der Waals surface area contributed by atoms with Gasteiger partial charge in [0.2, 0.25) is 0 Å². The van der Waals surface area contributed by atoms with E-state index in [1.807, 2.05) is 0 Å². The molecule has 1 aromatic rings. The highest BCUT2D eigenvalue weighted by Gasteiger charge is 2.23. The minimum Gasteiger partial charge on any atom is -0.482 e. The van der Waals surface area contributed by atoms with Gasteiger partial charge in [0, 0.05) is 16.7 Å². The molecule has 0 atom stereocenters. The smallest absolute Gasteiger partial charge is 0.312 e. The number of ether oxygens (including phenoxy) is 1. The molecule has 0 saturated carbocycles. The Balaban J connectivity index is 3.38. The molecular weight excluding hydrogens is 294 g/mol. The predicted molar refractivity (Wildman–Crippen MR) is 71.2 cm³/mol. The second-order valence-corrected chi connectivity index (χ2v) is 6.56. The number of hydrogen-bond acceptors (Lipinski definition) is 5. The molecule has 0 aliphatic rings. The molecule has 0 radical (unpaired) electrons. The van der Waals surface area contributed by atoms with Gasteiger partial charge >= 0.3 is 5.69 Å². The van der Waals surface area contributed by atoms with Crippen molar-refractivity contribution in [2.75, 3.05) is 6.61 Å². The van der Waals surface area contributed by atoms with E-state index in [-0.39, 0.29) is 22.8 Å². The van der Waals surface area contributed by atoms with E-state index in [1.165, 1.54) is 13.0 Å². The van der Waals surface area contributed by atoms with Crippen molar-refractivity contribution < 1.29 is 18.1 Å². The molecule has 8 heteroatoms. The van der Waals surface area contributed by atoms with Gasteiger partial charge < -0.3 is 4.74 Å². The van der Waals surface area contributed by atoms with Crippen molar-refractivity contribution >= 4 is 25.4 Å². The van der Waals surface area contributed by atoms with Gasteiger partial charge in [0.05, 0.1) is 9.82 Å². The SMILES string of the molecule is C=C(C)COc1cc(C)c(S(=O)(=O)Cl)cc1[N+](=O)[O-]. The summed E-state index contributed by atoms with van der Waals surface area (Å²) in [6, 6.07) is 2.17. The first-order valence-corrected chi connectivity index (χ1v) is 7.44. The fourth-order valence-corrected chi connectivity index (χ4v) is 2.57. The van der Waals surface area contributed by atoms with Crippen molar-refractivity contribution in [3.8, 4) is 5.75 Å². The number of nitro benzene ring substituents is 1. The Hall–Kier alpha value is -1.60. The molecule has 0 bridgehead atoms. The summed E-state index contributed by atoms with van der Waals surface area (Å²) in [5, 5.41) is 10.9. The minimum absolute atomic E-state index is 0.0189. The summed E-state index contributed by atoms with van der Waals surface area (Å²) in [5.74, 6) is -0.0189. The van der Waals surface area contributed by atoms with Crippen LogP contribution in [0.2, 0.25) is 0 Å². The van der Waals surface area contributed by atoms with Gasteiger partial charge in [-0.1, -0.05) is 6.58 Å². The Bertz CT molecular complexity index is 639. The quantitative estimate of drug-likeness (QED) is 0.361. The zero-order chi connectivity index (χ0) is 14.8. The summed E-state index contributed by atoms with van der Waals surface area (Å²) >= 11 is 0. The molecule has 0 amide bonds. The summed E-state index contributed by atoms with van der Waals surface area (Å²) < 4.78 is 27.8. The van der Waals surface area contributed by atoms with Gasteiger partial charge in [0.15, 0.2) is 5.75 Å². The van der Waals surface area contributed by atoms with E-state index in [1.54, 1.807) is 6.92 Å². The second-order valence-electron chi connectivity index (χ2n) is 4.03. The van der Waals surface area contributed by atoms with E-state index in [0.29, 0.717) is 5.57 Å². The lowest BCUT2D eigenvalue weighted by molar-refractivity contribution is -0.386. The van der Waals surface area contributed by atoms with Crippen LogP contribution in [0.15, 0.2) is 29.2 Å². The Morgan fingerprint density at radius 3 is 2.53 bits per heavy atom. The maximum absolute atomic E-state index is 11.3. The maximum atomic E-state index is 11.3. The average molecular weight is 306 g/mol. The van der Waals surface area contributed by atoms with Gasteiger partial charge in [-0.05, 0) is 31.1 Å². The normalized spacial score (nSPS) is 11.1. The van der Waals surface area contributed by atoms with Crippen molar-refractivity contribution in [2.45, 2.75) is 18.7 Å². The van der Waals surface area contributed by atoms with Crippen LogP contribution in [-0.4, -0.2) is 19.9 Å². The highest BCUT2D eigenvalue weighted by atomic mass is 35.7. The van der Waals surface area contributed by atoms with Gasteiger partial charge in [0.1, 0.15) is 6.61 Å². The fraction of sp³-hybridized carbons (Fsp3) is 0.273. The Morgan fingerprint density at radius 1 is 1.53 bits per heavy atom. The summed E-state index contributed by atoms with van der Waals surface area (Å²) in [5.41, 5.74) is 0.504. The first-order valence-electron chi connectivity index (χ1n) is 5.14. The summed E-state index contributed by atoms with van der Waals surface area (Å²) in [6.07, 6.45) is 0. The van der Waals surface area contributed by atoms with Crippen LogP contribution in [0.3, 0.4) is 0 Å². The molecule has 19 heavy (non-hydrogen) atoms. The number of nitrogens with zero attached hydrogens (tertiary/aromatic N) is 1. The summed E-state index contributed by atoms with van der Waals surface area (Å²) in [4.78, 5) is 9.90. The predicted octanol–water partition coefficient (Wildman–Crippen LogP) is 2.79. The molecule has 0 aliphatic carbocycles. The zero-order valence-electron chi connectivity index (χ0n) is 10.3. The standard InChI is InChI=1S/C11H12ClNO5S/c1-7(2)6-18-10-4-8(3)11(19(12,16)17)5-9(10)13(14)15/h4-5H,1,6H2,2-3H3. The van der Waals surface area contributed by atoms with Gasteiger partial charge in [0.25, 0.3) is 9.05 Å².